The first-order valence-corrected chi connectivity index (χ1v) is 4.28. The Morgan fingerprint density at radius 1 is 1.42 bits per heavy atom. The third-order valence-electron chi connectivity index (χ3n) is 1.51. The maximum atomic E-state index is 8.76. The molecule has 0 aliphatic carbocycles. The van der Waals surface area contributed by atoms with Gasteiger partial charge in [-0.1, -0.05) is 42.5 Å². The van der Waals surface area contributed by atoms with E-state index in [-0.39, 0.29) is 5.92 Å². The van der Waals surface area contributed by atoms with Crippen LogP contribution in [0.3, 0.4) is 0 Å². The van der Waals surface area contributed by atoms with Crippen LogP contribution in [0.4, 0.5) is 0 Å². The van der Waals surface area contributed by atoms with E-state index in [1.807, 2.05) is 30.3 Å². The van der Waals surface area contributed by atoms with E-state index in [0.29, 0.717) is 4.20 Å². The molecule has 0 aromatic heterocycles. The number of nitrogens with zero attached hydrogens (tertiary/aromatic N) is 1. The molecule has 0 heterocycles. The first-order chi connectivity index (χ1) is 5.75. The van der Waals surface area contributed by atoms with Crippen LogP contribution in [0.15, 0.2) is 30.3 Å². The average molecular weight is 193 g/mol. The van der Waals surface area contributed by atoms with Crippen molar-refractivity contribution < 1.29 is 0 Å². The second-order valence-electron chi connectivity index (χ2n) is 2.31. The first kappa shape index (κ1) is 9.24. The summed E-state index contributed by atoms with van der Waals surface area (Å²) in [6, 6.07) is 11.5. The topological polar surface area (TPSA) is 23.8 Å². The Morgan fingerprint density at radius 3 is 2.42 bits per heavy atom. The highest BCUT2D eigenvalue weighted by Crippen LogP contribution is 2.17. The lowest BCUT2D eigenvalue weighted by Gasteiger charge is -2.04. The average Bonchev–Trinajstić information content (AvgIpc) is 2.07. The van der Waals surface area contributed by atoms with Crippen LogP contribution >= 0.6 is 24.8 Å². The summed E-state index contributed by atoms with van der Waals surface area (Å²) < 4.78 is 0.420. The summed E-state index contributed by atoms with van der Waals surface area (Å²) in [5, 5.41) is 8.76. The highest BCUT2D eigenvalue weighted by Gasteiger charge is 2.11. The number of hydrogen-bond acceptors (Lipinski definition) is 2. The second-order valence-corrected chi connectivity index (χ2v) is 3.54. The van der Waals surface area contributed by atoms with Crippen LogP contribution < -0.4 is 0 Å². The van der Waals surface area contributed by atoms with Crippen LogP contribution in [-0.4, -0.2) is 4.20 Å². The van der Waals surface area contributed by atoms with Crippen molar-refractivity contribution in [3.05, 3.63) is 35.9 Å². The molecule has 1 nitrogen and oxygen atoms in total. The predicted molar refractivity (Wildman–Crippen MR) is 56.4 cm³/mol. The van der Waals surface area contributed by atoms with Crippen molar-refractivity contribution in [3.8, 4) is 6.07 Å². The minimum Gasteiger partial charge on any atom is -0.197 e. The molecule has 12 heavy (non-hydrogen) atoms. The summed E-state index contributed by atoms with van der Waals surface area (Å²) in [6.45, 7) is 0. The molecule has 0 saturated carbocycles. The first-order valence-electron chi connectivity index (χ1n) is 3.43. The standard InChI is InChI=1S/C9H7NS2/c10-6-8(9(11)12)7-4-2-1-3-5-7/h1-5,8H,(H,11,12). The summed E-state index contributed by atoms with van der Waals surface area (Å²) in [4.78, 5) is 0. The van der Waals surface area contributed by atoms with E-state index < -0.39 is 0 Å². The summed E-state index contributed by atoms with van der Waals surface area (Å²) in [5.74, 6) is -0.371. The summed E-state index contributed by atoms with van der Waals surface area (Å²) in [7, 11) is 0. The Bertz CT molecular complexity index is 313. The van der Waals surface area contributed by atoms with Gasteiger partial charge in [0.25, 0.3) is 0 Å². The molecular weight excluding hydrogens is 186 g/mol. The molecular formula is C9H7NS2. The fourth-order valence-electron chi connectivity index (χ4n) is 0.918. The molecule has 0 amide bonds. The Hall–Kier alpha value is -0.850. The van der Waals surface area contributed by atoms with Crippen molar-refractivity contribution in [2.24, 2.45) is 0 Å². The number of hydrogen-bond donors (Lipinski definition) is 1. The number of thiocarbonyl (C=S) groups is 1. The minimum absolute atomic E-state index is 0.371. The third-order valence-corrected chi connectivity index (χ3v) is 2.00. The van der Waals surface area contributed by atoms with Gasteiger partial charge < -0.3 is 0 Å². The molecule has 1 unspecified atom stereocenters. The molecule has 0 radical (unpaired) electrons. The van der Waals surface area contributed by atoms with E-state index in [1.54, 1.807) is 0 Å². The zero-order valence-corrected chi connectivity index (χ0v) is 7.98. The molecule has 1 aromatic carbocycles. The molecule has 3 heteroatoms. The van der Waals surface area contributed by atoms with Crippen LogP contribution in [0.5, 0.6) is 0 Å². The maximum absolute atomic E-state index is 8.76. The van der Waals surface area contributed by atoms with Gasteiger partial charge in [0.1, 0.15) is 5.92 Å². The van der Waals surface area contributed by atoms with E-state index in [0.717, 1.165) is 5.56 Å². The fraction of sp³-hybridized carbons (Fsp3) is 0.111. The second kappa shape index (κ2) is 4.24. The van der Waals surface area contributed by atoms with Gasteiger partial charge >= 0.3 is 0 Å². The number of thiol groups is 1. The Labute approximate surface area is 82.4 Å². The highest BCUT2D eigenvalue weighted by atomic mass is 32.1. The van der Waals surface area contributed by atoms with Crippen LogP contribution in [0.2, 0.25) is 0 Å². The lowest BCUT2D eigenvalue weighted by molar-refractivity contribution is 1.18. The van der Waals surface area contributed by atoms with E-state index >= 15 is 0 Å². The van der Waals surface area contributed by atoms with Crippen LogP contribution in [0.1, 0.15) is 11.5 Å². The van der Waals surface area contributed by atoms with Gasteiger partial charge in [0.15, 0.2) is 0 Å². The van der Waals surface area contributed by atoms with Crippen molar-refractivity contribution in [1.29, 1.82) is 5.26 Å². The van der Waals surface area contributed by atoms with Gasteiger partial charge in [-0.15, -0.1) is 12.6 Å². The lowest BCUT2D eigenvalue weighted by atomic mass is 10.0. The van der Waals surface area contributed by atoms with E-state index in [1.165, 1.54) is 0 Å². The smallest absolute Gasteiger partial charge is 0.112 e. The Kier molecular flexibility index (Phi) is 3.27. The highest BCUT2D eigenvalue weighted by molar-refractivity contribution is 8.11. The molecule has 0 N–H and O–H groups in total. The Morgan fingerprint density at radius 2 is 2.00 bits per heavy atom. The molecule has 1 aromatic rings. The molecule has 0 aliphatic heterocycles. The summed E-state index contributed by atoms with van der Waals surface area (Å²) in [5.41, 5.74) is 0.903. The largest absolute Gasteiger partial charge is 0.197 e. The van der Waals surface area contributed by atoms with Crippen LogP contribution in [0, 0.1) is 11.3 Å². The number of rotatable bonds is 2. The normalized spacial score (nSPS) is 11.7. The van der Waals surface area contributed by atoms with Gasteiger partial charge in [-0.25, -0.2) is 0 Å². The van der Waals surface area contributed by atoms with Crippen molar-refractivity contribution >= 4 is 29.0 Å². The van der Waals surface area contributed by atoms with Crippen LogP contribution in [0.25, 0.3) is 0 Å². The van der Waals surface area contributed by atoms with Crippen molar-refractivity contribution in [3.63, 3.8) is 0 Å². The quantitative estimate of drug-likeness (QED) is 0.576. The molecule has 1 rings (SSSR count). The lowest BCUT2D eigenvalue weighted by Crippen LogP contribution is -2.01. The van der Waals surface area contributed by atoms with Gasteiger partial charge in [0.05, 0.1) is 10.3 Å². The monoisotopic (exact) mass is 193 g/mol. The molecule has 0 aliphatic rings. The molecule has 60 valence electrons. The molecule has 0 bridgehead atoms. The van der Waals surface area contributed by atoms with Gasteiger partial charge in [0, 0.05) is 0 Å². The number of benzene rings is 1. The molecule has 0 spiro atoms. The van der Waals surface area contributed by atoms with E-state index in [4.69, 9.17) is 17.5 Å². The van der Waals surface area contributed by atoms with Gasteiger partial charge in [-0.05, 0) is 5.56 Å². The summed E-state index contributed by atoms with van der Waals surface area (Å²) >= 11 is 8.83. The zero-order valence-electron chi connectivity index (χ0n) is 6.27. The van der Waals surface area contributed by atoms with E-state index in [9.17, 15) is 0 Å². The SMILES string of the molecule is N#CC(C(=S)S)c1ccccc1. The summed E-state index contributed by atoms with van der Waals surface area (Å²) in [6.07, 6.45) is 0. The van der Waals surface area contributed by atoms with E-state index in [2.05, 4.69) is 18.7 Å². The third kappa shape index (κ3) is 2.07. The van der Waals surface area contributed by atoms with Crippen molar-refractivity contribution in [2.75, 3.05) is 0 Å². The minimum atomic E-state index is -0.371. The maximum Gasteiger partial charge on any atom is 0.112 e. The predicted octanol–water partition coefficient (Wildman–Crippen LogP) is 2.55. The van der Waals surface area contributed by atoms with Gasteiger partial charge in [-0.2, -0.15) is 5.26 Å². The van der Waals surface area contributed by atoms with Gasteiger partial charge in [0.2, 0.25) is 0 Å². The fourth-order valence-corrected chi connectivity index (χ4v) is 1.31. The number of nitriles is 1. The molecule has 0 saturated heterocycles. The van der Waals surface area contributed by atoms with Crippen LogP contribution in [-0.2, 0) is 0 Å². The van der Waals surface area contributed by atoms with Gasteiger partial charge in [-0.3, -0.25) is 0 Å². The molecule has 0 fully saturated rings. The zero-order chi connectivity index (χ0) is 8.97. The Balaban J connectivity index is 2.98. The molecule has 1 atom stereocenters. The van der Waals surface area contributed by atoms with Crippen molar-refractivity contribution in [1.82, 2.24) is 0 Å². The van der Waals surface area contributed by atoms with Crippen molar-refractivity contribution in [2.45, 2.75) is 5.92 Å².